The number of rotatable bonds is 1. The van der Waals surface area contributed by atoms with Crippen LogP contribution in [0.15, 0.2) is 0 Å². The quantitative estimate of drug-likeness (QED) is 0.661. The van der Waals surface area contributed by atoms with E-state index in [1.54, 1.807) is 6.92 Å². The maximum Gasteiger partial charge on any atom is 0.330 e. The minimum atomic E-state index is -0.589. The summed E-state index contributed by atoms with van der Waals surface area (Å²) in [5.74, 6) is 0.413. The molecule has 0 spiro atoms. The standard InChI is InChI=1S/C14H18NO3/c1-9-12(16)18-11(10-7-5-6-8-10)15(9)13(17)14(2,3)4/h5-9,11H,1-4H3/t9-,11-/m0/s1. The van der Waals surface area contributed by atoms with Gasteiger partial charge in [-0.2, -0.15) is 0 Å². The predicted octanol–water partition coefficient (Wildman–Crippen LogP) is 1.54. The fraction of sp³-hybridized carbons (Fsp3) is 0.500. The molecular weight excluding hydrogens is 230 g/mol. The van der Waals surface area contributed by atoms with E-state index in [1.165, 1.54) is 4.90 Å². The third-order valence-electron chi connectivity index (χ3n) is 3.09. The number of nitrogens with zero attached hydrogens (tertiary/aromatic N) is 1. The summed E-state index contributed by atoms with van der Waals surface area (Å²) in [6, 6.07) is -0.531. The van der Waals surface area contributed by atoms with Gasteiger partial charge in [0.05, 0.1) is 0 Å². The molecule has 97 valence electrons. The number of ether oxygens (including phenoxy) is 1. The number of carbonyl (C=O) groups excluding carboxylic acids is 2. The van der Waals surface area contributed by atoms with Crippen LogP contribution in [0, 0.1) is 37.0 Å². The van der Waals surface area contributed by atoms with Crippen LogP contribution in [0.3, 0.4) is 0 Å². The second kappa shape index (κ2) is 4.56. The number of esters is 1. The fourth-order valence-electron chi connectivity index (χ4n) is 2.03. The normalized spacial score (nSPS) is 29.8. The Balaban J connectivity index is 2.22. The van der Waals surface area contributed by atoms with Gasteiger partial charge in [0.15, 0.2) is 6.23 Å². The molecule has 0 aromatic rings. The summed E-state index contributed by atoms with van der Waals surface area (Å²) in [4.78, 5) is 25.7. The Hall–Kier alpha value is -1.06. The predicted molar refractivity (Wildman–Crippen MR) is 66.1 cm³/mol. The van der Waals surface area contributed by atoms with Gasteiger partial charge in [0.25, 0.3) is 0 Å². The van der Waals surface area contributed by atoms with Gasteiger partial charge in [0.1, 0.15) is 6.04 Å². The molecule has 0 aromatic heterocycles. The van der Waals surface area contributed by atoms with Crippen molar-refractivity contribution in [2.24, 2.45) is 5.41 Å². The van der Waals surface area contributed by atoms with E-state index in [9.17, 15) is 9.59 Å². The van der Waals surface area contributed by atoms with Gasteiger partial charge in [0, 0.05) is 11.3 Å². The molecule has 2 aliphatic rings. The van der Waals surface area contributed by atoms with Gasteiger partial charge in [-0.15, -0.1) is 0 Å². The molecule has 1 saturated heterocycles. The molecule has 2 fully saturated rings. The first kappa shape index (κ1) is 13.4. The highest BCUT2D eigenvalue weighted by Crippen LogP contribution is 2.36. The first-order valence-electron chi connectivity index (χ1n) is 6.07. The number of carbonyl (C=O) groups is 2. The molecule has 0 N–H and O–H groups in total. The molecule has 0 unspecified atom stereocenters. The van der Waals surface area contributed by atoms with Gasteiger partial charge >= 0.3 is 5.97 Å². The van der Waals surface area contributed by atoms with Crippen molar-refractivity contribution in [3.8, 4) is 0 Å². The Labute approximate surface area is 109 Å². The van der Waals surface area contributed by atoms with Crippen LogP contribution in [0.2, 0.25) is 0 Å². The molecule has 1 aliphatic carbocycles. The zero-order valence-electron chi connectivity index (χ0n) is 11.1. The van der Waals surface area contributed by atoms with Crippen molar-refractivity contribution in [3.05, 3.63) is 31.6 Å². The molecule has 18 heavy (non-hydrogen) atoms. The molecule has 2 atom stereocenters. The molecule has 0 aromatic carbocycles. The highest BCUT2D eigenvalue weighted by molar-refractivity contribution is 5.90. The lowest BCUT2D eigenvalue weighted by molar-refractivity contribution is -0.145. The van der Waals surface area contributed by atoms with E-state index in [4.69, 9.17) is 4.74 Å². The van der Waals surface area contributed by atoms with Crippen molar-refractivity contribution in [1.82, 2.24) is 4.90 Å². The van der Waals surface area contributed by atoms with Crippen molar-refractivity contribution >= 4 is 11.9 Å². The first-order chi connectivity index (χ1) is 8.32. The Morgan fingerprint density at radius 3 is 2.33 bits per heavy atom. The second-order valence-corrected chi connectivity index (χ2v) is 5.65. The maximum absolute atomic E-state index is 12.4. The van der Waals surface area contributed by atoms with Gasteiger partial charge in [-0.05, 0) is 32.6 Å². The summed E-state index contributed by atoms with van der Waals surface area (Å²) in [5, 5.41) is 0. The van der Waals surface area contributed by atoms with E-state index >= 15 is 0 Å². The Morgan fingerprint density at radius 1 is 1.28 bits per heavy atom. The van der Waals surface area contributed by atoms with Crippen molar-refractivity contribution in [1.29, 1.82) is 0 Å². The topological polar surface area (TPSA) is 46.6 Å². The third kappa shape index (κ3) is 2.25. The summed E-state index contributed by atoms with van der Waals surface area (Å²) >= 11 is 0. The maximum atomic E-state index is 12.4. The molecule has 1 heterocycles. The minimum absolute atomic E-state index is 0.0768. The monoisotopic (exact) mass is 248 g/mol. The first-order valence-corrected chi connectivity index (χ1v) is 6.07. The number of amides is 1. The smallest absolute Gasteiger partial charge is 0.330 e. The Bertz CT molecular complexity index is 353. The van der Waals surface area contributed by atoms with Gasteiger partial charge in [0.2, 0.25) is 5.91 Å². The van der Waals surface area contributed by atoms with Crippen LogP contribution in [0.1, 0.15) is 27.7 Å². The summed E-state index contributed by atoms with van der Waals surface area (Å²) in [6.45, 7) is 7.22. The molecule has 0 bridgehead atoms. The lowest BCUT2D eigenvalue weighted by Gasteiger charge is -2.32. The molecule has 2 rings (SSSR count). The van der Waals surface area contributed by atoms with E-state index < -0.39 is 17.7 Å². The van der Waals surface area contributed by atoms with E-state index in [2.05, 4.69) is 0 Å². The summed E-state index contributed by atoms with van der Waals surface area (Å²) in [7, 11) is 0. The highest BCUT2D eigenvalue weighted by Gasteiger charge is 2.49. The largest absolute Gasteiger partial charge is 0.439 e. The van der Waals surface area contributed by atoms with Gasteiger partial charge < -0.3 is 4.74 Å². The Morgan fingerprint density at radius 2 is 1.83 bits per heavy atom. The Kier molecular flexibility index (Phi) is 3.39. The molecule has 4 nitrogen and oxygen atoms in total. The number of cyclic esters (lactones) is 1. The van der Waals surface area contributed by atoms with Gasteiger partial charge in [-0.3, -0.25) is 9.69 Å². The summed E-state index contributed by atoms with van der Waals surface area (Å²) < 4.78 is 5.31. The van der Waals surface area contributed by atoms with Crippen LogP contribution < -0.4 is 0 Å². The highest BCUT2D eigenvalue weighted by atomic mass is 16.6. The fourth-order valence-corrected chi connectivity index (χ4v) is 2.03. The SMILES string of the molecule is C[C@H]1C(=O)O[C@@H]([C]2[CH][CH][CH][CH]2)N1C(=O)C(C)(C)C. The second-order valence-electron chi connectivity index (χ2n) is 5.65. The molecule has 1 saturated carbocycles. The third-order valence-corrected chi connectivity index (χ3v) is 3.09. The van der Waals surface area contributed by atoms with Gasteiger partial charge in [-0.25, -0.2) is 4.79 Å². The van der Waals surface area contributed by atoms with Crippen LogP contribution >= 0.6 is 0 Å². The van der Waals surface area contributed by atoms with Crippen molar-refractivity contribution in [3.63, 3.8) is 0 Å². The van der Waals surface area contributed by atoms with Crippen molar-refractivity contribution < 1.29 is 14.3 Å². The van der Waals surface area contributed by atoms with Crippen LogP contribution in [0.25, 0.3) is 0 Å². The van der Waals surface area contributed by atoms with Crippen LogP contribution in [0.4, 0.5) is 0 Å². The summed E-state index contributed by atoms with van der Waals surface area (Å²) in [6.07, 6.45) is 6.87. The van der Waals surface area contributed by atoms with E-state index in [0.717, 1.165) is 5.92 Å². The average Bonchev–Trinajstić information content (AvgIpc) is 2.86. The molecule has 1 amide bonds. The number of hydrogen-bond acceptors (Lipinski definition) is 3. The average molecular weight is 248 g/mol. The lowest BCUT2D eigenvalue weighted by atomic mass is 9.93. The van der Waals surface area contributed by atoms with E-state index in [-0.39, 0.29) is 11.9 Å². The zero-order valence-corrected chi connectivity index (χ0v) is 11.1. The minimum Gasteiger partial charge on any atom is -0.439 e. The summed E-state index contributed by atoms with van der Waals surface area (Å²) in [5.41, 5.74) is -0.535. The number of hydrogen-bond donors (Lipinski definition) is 0. The van der Waals surface area contributed by atoms with Crippen LogP contribution in [-0.2, 0) is 14.3 Å². The van der Waals surface area contributed by atoms with Crippen LogP contribution in [-0.4, -0.2) is 29.0 Å². The molecule has 5 radical (unpaired) electrons. The zero-order chi connectivity index (χ0) is 13.5. The molecule has 1 aliphatic heterocycles. The van der Waals surface area contributed by atoms with Crippen LogP contribution in [0.5, 0.6) is 0 Å². The van der Waals surface area contributed by atoms with Crippen molar-refractivity contribution in [2.45, 2.75) is 40.0 Å². The molecule has 4 heteroatoms. The lowest BCUT2D eigenvalue weighted by Crippen LogP contribution is -2.48. The van der Waals surface area contributed by atoms with E-state index in [0.29, 0.717) is 0 Å². The van der Waals surface area contributed by atoms with Gasteiger partial charge in [-0.1, -0.05) is 20.8 Å². The van der Waals surface area contributed by atoms with E-state index in [1.807, 2.05) is 46.5 Å². The molecular formula is C14H18NO3. The van der Waals surface area contributed by atoms with Crippen molar-refractivity contribution in [2.75, 3.05) is 0 Å².